The molecule has 0 bridgehead atoms. The molecule has 6 heteroatoms. The van der Waals surface area contributed by atoms with Gasteiger partial charge in [0, 0.05) is 5.69 Å². The van der Waals surface area contributed by atoms with Gasteiger partial charge in [-0.25, -0.2) is 0 Å². The van der Waals surface area contributed by atoms with E-state index in [0.29, 0.717) is 15.7 Å². The molecule has 1 amide bonds. The van der Waals surface area contributed by atoms with Gasteiger partial charge in [0.2, 0.25) is 0 Å². The van der Waals surface area contributed by atoms with Gasteiger partial charge >= 0.3 is 0 Å². The van der Waals surface area contributed by atoms with Crippen LogP contribution in [0, 0.1) is 25.2 Å². The van der Waals surface area contributed by atoms with E-state index >= 15 is 0 Å². The number of para-hydroxylation sites is 1. The average Bonchev–Trinajstić information content (AvgIpc) is 2.58. The molecule has 0 unspecified atom stereocenters. The van der Waals surface area contributed by atoms with Gasteiger partial charge in [-0.2, -0.15) is 5.26 Å². The zero-order chi connectivity index (χ0) is 18.6. The number of methoxy groups -OCH3 is 1. The second kappa shape index (κ2) is 7.86. The van der Waals surface area contributed by atoms with Crippen molar-refractivity contribution in [1.29, 1.82) is 5.26 Å². The Bertz CT molecular complexity index is 878. The normalized spacial score (nSPS) is 10.9. The van der Waals surface area contributed by atoms with Crippen LogP contribution in [-0.4, -0.2) is 18.1 Å². The first-order chi connectivity index (χ1) is 11.9. The number of nitriles is 1. The summed E-state index contributed by atoms with van der Waals surface area (Å²) in [5.74, 6) is -0.297. The fourth-order valence-electron chi connectivity index (χ4n) is 2.34. The highest BCUT2D eigenvalue weighted by molar-refractivity contribution is 9.10. The molecule has 2 aromatic carbocycles. The van der Waals surface area contributed by atoms with E-state index in [4.69, 9.17) is 4.74 Å². The Balaban J connectivity index is 2.36. The molecule has 0 saturated heterocycles. The Morgan fingerprint density at radius 3 is 2.52 bits per heavy atom. The zero-order valence-electron chi connectivity index (χ0n) is 14.1. The van der Waals surface area contributed by atoms with Crippen molar-refractivity contribution in [3.8, 4) is 17.6 Å². The molecule has 0 radical (unpaired) electrons. The second-order valence-electron chi connectivity index (χ2n) is 5.44. The summed E-state index contributed by atoms with van der Waals surface area (Å²) in [6, 6.07) is 10.7. The Morgan fingerprint density at radius 1 is 1.32 bits per heavy atom. The number of hydrogen-bond donors (Lipinski definition) is 2. The van der Waals surface area contributed by atoms with Gasteiger partial charge in [0.1, 0.15) is 11.6 Å². The van der Waals surface area contributed by atoms with E-state index in [1.807, 2.05) is 38.1 Å². The quantitative estimate of drug-likeness (QED) is 0.590. The van der Waals surface area contributed by atoms with Gasteiger partial charge < -0.3 is 15.2 Å². The highest BCUT2D eigenvalue weighted by atomic mass is 79.9. The Kier molecular flexibility index (Phi) is 5.84. The lowest BCUT2D eigenvalue weighted by atomic mass is 10.1. The molecule has 0 spiro atoms. The van der Waals surface area contributed by atoms with Crippen LogP contribution in [-0.2, 0) is 4.79 Å². The number of phenols is 1. The van der Waals surface area contributed by atoms with E-state index in [-0.39, 0.29) is 17.1 Å². The highest BCUT2D eigenvalue weighted by Gasteiger charge is 2.14. The predicted molar refractivity (Wildman–Crippen MR) is 100 cm³/mol. The summed E-state index contributed by atoms with van der Waals surface area (Å²) >= 11 is 3.22. The monoisotopic (exact) mass is 400 g/mol. The van der Waals surface area contributed by atoms with Crippen molar-refractivity contribution < 1.29 is 14.6 Å². The number of carbonyl (C=O) groups is 1. The molecule has 2 N–H and O–H groups in total. The lowest BCUT2D eigenvalue weighted by Gasteiger charge is -2.11. The maximum absolute atomic E-state index is 12.5. The Hall–Kier alpha value is -2.78. The predicted octanol–water partition coefficient (Wildman–Crippen LogP) is 4.33. The molecule has 0 fully saturated rings. The van der Waals surface area contributed by atoms with Gasteiger partial charge in [-0.05, 0) is 64.7 Å². The molecule has 0 heterocycles. The number of phenolic OH excluding ortho intramolecular Hbond substituents is 1. The van der Waals surface area contributed by atoms with E-state index in [2.05, 4.69) is 21.2 Å². The van der Waals surface area contributed by atoms with Crippen molar-refractivity contribution in [3.05, 3.63) is 57.1 Å². The molecule has 25 heavy (non-hydrogen) atoms. The summed E-state index contributed by atoms with van der Waals surface area (Å²) in [7, 11) is 1.42. The van der Waals surface area contributed by atoms with Crippen LogP contribution in [0.25, 0.3) is 6.08 Å². The van der Waals surface area contributed by atoms with Crippen molar-refractivity contribution in [2.24, 2.45) is 0 Å². The molecule has 0 aliphatic carbocycles. The van der Waals surface area contributed by atoms with E-state index in [1.54, 1.807) is 12.1 Å². The number of rotatable bonds is 4. The third-order valence-corrected chi connectivity index (χ3v) is 4.27. The molecule has 0 atom stereocenters. The molecule has 2 rings (SSSR count). The van der Waals surface area contributed by atoms with Gasteiger partial charge in [0.05, 0.1) is 11.6 Å². The number of nitrogens with zero attached hydrogens (tertiary/aromatic N) is 1. The summed E-state index contributed by atoms with van der Waals surface area (Å²) in [5.41, 5.74) is 3.02. The molecule has 5 nitrogen and oxygen atoms in total. The minimum atomic E-state index is -0.497. The minimum absolute atomic E-state index is 0.0434. The van der Waals surface area contributed by atoms with Crippen LogP contribution in [0.15, 0.2) is 40.4 Å². The van der Waals surface area contributed by atoms with Crippen molar-refractivity contribution in [2.45, 2.75) is 13.8 Å². The maximum Gasteiger partial charge on any atom is 0.266 e. The van der Waals surface area contributed by atoms with E-state index in [0.717, 1.165) is 11.1 Å². The molecule has 2 aromatic rings. The lowest BCUT2D eigenvalue weighted by molar-refractivity contribution is -0.112. The number of amides is 1. The van der Waals surface area contributed by atoms with Gasteiger partial charge in [0.25, 0.3) is 5.91 Å². The van der Waals surface area contributed by atoms with Crippen molar-refractivity contribution >= 4 is 33.6 Å². The first-order valence-corrected chi connectivity index (χ1v) is 8.22. The summed E-state index contributed by atoms with van der Waals surface area (Å²) < 4.78 is 5.48. The summed E-state index contributed by atoms with van der Waals surface area (Å²) in [4.78, 5) is 12.5. The van der Waals surface area contributed by atoms with Crippen molar-refractivity contribution in [2.75, 3.05) is 12.4 Å². The fraction of sp³-hybridized carbons (Fsp3) is 0.158. The topological polar surface area (TPSA) is 82.3 Å². The first-order valence-electron chi connectivity index (χ1n) is 7.43. The van der Waals surface area contributed by atoms with Gasteiger partial charge in [0.15, 0.2) is 11.5 Å². The number of aromatic hydroxyl groups is 1. The van der Waals surface area contributed by atoms with Crippen molar-refractivity contribution in [3.63, 3.8) is 0 Å². The van der Waals surface area contributed by atoms with Crippen LogP contribution in [0.1, 0.15) is 16.7 Å². The number of ether oxygens (including phenoxy) is 1. The van der Waals surface area contributed by atoms with Crippen molar-refractivity contribution in [1.82, 2.24) is 0 Å². The number of aryl methyl sites for hydroxylation is 2. The first kappa shape index (κ1) is 18.6. The fourth-order valence-corrected chi connectivity index (χ4v) is 2.80. The molecular formula is C19H17BrN2O3. The molecular weight excluding hydrogens is 384 g/mol. The molecule has 128 valence electrons. The molecule has 0 aromatic heterocycles. The smallest absolute Gasteiger partial charge is 0.266 e. The molecule has 0 aliphatic heterocycles. The van der Waals surface area contributed by atoms with E-state index in [9.17, 15) is 15.2 Å². The Morgan fingerprint density at radius 2 is 1.96 bits per heavy atom. The number of carbonyl (C=O) groups excluding carboxylic acids is 1. The van der Waals surface area contributed by atoms with Crippen LogP contribution in [0.4, 0.5) is 5.69 Å². The minimum Gasteiger partial charge on any atom is -0.503 e. The van der Waals surface area contributed by atoms with E-state index < -0.39 is 5.91 Å². The number of hydrogen-bond acceptors (Lipinski definition) is 4. The van der Waals surface area contributed by atoms with Crippen LogP contribution in [0.2, 0.25) is 0 Å². The van der Waals surface area contributed by atoms with Crippen LogP contribution >= 0.6 is 15.9 Å². The largest absolute Gasteiger partial charge is 0.503 e. The average molecular weight is 401 g/mol. The van der Waals surface area contributed by atoms with Crippen LogP contribution in [0.5, 0.6) is 11.5 Å². The third kappa shape index (κ3) is 4.20. The standard InChI is InChI=1S/C19H17BrN2O3/c1-11-5-4-6-12(2)17(11)22-19(24)14(10-21)7-13-8-15(20)18(23)16(9-13)25-3/h4-9,23H,1-3H3,(H,22,24). The van der Waals surface area contributed by atoms with E-state index in [1.165, 1.54) is 13.2 Å². The number of benzene rings is 2. The lowest BCUT2D eigenvalue weighted by Crippen LogP contribution is -2.15. The summed E-state index contributed by atoms with van der Waals surface area (Å²) in [6.45, 7) is 3.78. The second-order valence-corrected chi connectivity index (χ2v) is 6.30. The highest BCUT2D eigenvalue weighted by Crippen LogP contribution is 2.35. The molecule has 0 saturated carbocycles. The number of nitrogens with one attached hydrogen (secondary N) is 1. The van der Waals surface area contributed by atoms with Gasteiger partial charge in [-0.15, -0.1) is 0 Å². The Labute approximate surface area is 154 Å². The van der Waals surface area contributed by atoms with Crippen LogP contribution in [0.3, 0.4) is 0 Å². The van der Waals surface area contributed by atoms with Crippen LogP contribution < -0.4 is 10.1 Å². The SMILES string of the molecule is COc1cc(C=C(C#N)C(=O)Nc2c(C)cccc2C)cc(Br)c1O. The summed E-state index contributed by atoms with van der Waals surface area (Å²) in [5, 5.41) is 22.0. The number of halogens is 1. The summed E-state index contributed by atoms with van der Waals surface area (Å²) in [6.07, 6.45) is 1.44. The number of anilines is 1. The van der Waals surface area contributed by atoms with Gasteiger partial charge in [-0.3, -0.25) is 4.79 Å². The third-order valence-electron chi connectivity index (χ3n) is 3.67. The van der Waals surface area contributed by atoms with Gasteiger partial charge in [-0.1, -0.05) is 18.2 Å². The zero-order valence-corrected chi connectivity index (χ0v) is 15.6. The molecule has 0 aliphatic rings. The maximum atomic E-state index is 12.5.